The van der Waals surface area contributed by atoms with Gasteiger partial charge in [0.25, 0.3) is 0 Å². The van der Waals surface area contributed by atoms with Gasteiger partial charge in [-0.3, -0.25) is 0 Å². The van der Waals surface area contributed by atoms with Crippen LogP contribution in [0.1, 0.15) is 71.6 Å². The lowest BCUT2D eigenvalue weighted by Crippen LogP contribution is -2.54. The van der Waals surface area contributed by atoms with Crippen molar-refractivity contribution in [2.45, 2.75) is 71.6 Å². The minimum absolute atomic E-state index is 0.486. The molecule has 0 radical (unpaired) electrons. The smallest absolute Gasteiger partial charge is 0.00800 e. The van der Waals surface area contributed by atoms with Crippen molar-refractivity contribution in [2.24, 2.45) is 40.4 Å². The monoisotopic (exact) mass is 310 g/mol. The number of hydrogen-bond donors (Lipinski definition) is 0. The Balaban J connectivity index is 1.71. The van der Waals surface area contributed by atoms with Crippen LogP contribution >= 0.6 is 0 Å². The molecule has 0 heterocycles. The SMILES string of the molecule is C=C=CC1CCC[C@@]2(C)C1C(=C)C[C@H]1[C@@H]3CCC[C@@]3(C)CC[C@@H]12. The second-order valence-electron chi connectivity index (χ2n) is 9.73. The predicted octanol–water partition coefficient (Wildman–Crippen LogP) is 6.54. The fourth-order valence-corrected chi connectivity index (χ4v) is 7.86. The van der Waals surface area contributed by atoms with Crippen LogP contribution in [0.4, 0.5) is 0 Å². The van der Waals surface area contributed by atoms with Crippen molar-refractivity contribution in [2.75, 3.05) is 0 Å². The molecule has 126 valence electrons. The van der Waals surface area contributed by atoms with Crippen molar-refractivity contribution in [3.8, 4) is 0 Å². The second-order valence-corrected chi connectivity index (χ2v) is 9.73. The number of rotatable bonds is 1. The third kappa shape index (κ3) is 2.17. The normalized spacial score (nSPS) is 52.1. The van der Waals surface area contributed by atoms with Gasteiger partial charge in [-0.05, 0) is 91.4 Å². The molecule has 4 saturated carbocycles. The fourth-order valence-electron chi connectivity index (χ4n) is 7.86. The van der Waals surface area contributed by atoms with Crippen LogP contribution in [0.5, 0.6) is 0 Å². The van der Waals surface area contributed by atoms with Gasteiger partial charge in [-0.15, -0.1) is 5.73 Å². The minimum atomic E-state index is 0.486. The maximum absolute atomic E-state index is 4.64. The van der Waals surface area contributed by atoms with E-state index in [-0.39, 0.29) is 0 Å². The zero-order chi connectivity index (χ0) is 16.2. The van der Waals surface area contributed by atoms with Gasteiger partial charge in [-0.2, -0.15) is 0 Å². The largest absolute Gasteiger partial charge is 0.133 e. The summed E-state index contributed by atoms with van der Waals surface area (Å²) in [5.41, 5.74) is 5.82. The molecule has 0 aromatic heterocycles. The lowest BCUT2D eigenvalue weighted by atomic mass is 9.43. The zero-order valence-electron chi connectivity index (χ0n) is 15.2. The molecule has 4 fully saturated rings. The summed E-state index contributed by atoms with van der Waals surface area (Å²) in [6.45, 7) is 13.7. The highest BCUT2D eigenvalue weighted by Gasteiger charge is 2.59. The lowest BCUT2D eigenvalue weighted by molar-refractivity contribution is -0.0895. The molecule has 4 rings (SSSR count). The highest BCUT2D eigenvalue weighted by Crippen LogP contribution is 2.67. The molecule has 0 aromatic carbocycles. The van der Waals surface area contributed by atoms with Crippen molar-refractivity contribution in [3.05, 3.63) is 30.5 Å². The third-order valence-electron chi connectivity index (χ3n) is 8.73. The number of fused-ring (bicyclic) bond motifs is 5. The predicted molar refractivity (Wildman–Crippen MR) is 98.1 cm³/mol. The Hall–Kier alpha value is -0.740. The average Bonchev–Trinajstić information content (AvgIpc) is 2.89. The molecule has 0 N–H and O–H groups in total. The van der Waals surface area contributed by atoms with Crippen LogP contribution < -0.4 is 0 Å². The van der Waals surface area contributed by atoms with E-state index in [4.69, 9.17) is 0 Å². The Morgan fingerprint density at radius 2 is 1.83 bits per heavy atom. The van der Waals surface area contributed by atoms with Crippen molar-refractivity contribution in [1.82, 2.24) is 0 Å². The van der Waals surface area contributed by atoms with Crippen LogP contribution in [0.15, 0.2) is 30.5 Å². The Bertz CT molecular complexity index is 550. The molecule has 0 heteroatoms. The summed E-state index contributed by atoms with van der Waals surface area (Å²) < 4.78 is 0. The summed E-state index contributed by atoms with van der Waals surface area (Å²) in [4.78, 5) is 0. The minimum Gasteiger partial charge on any atom is -0.133 e. The molecule has 0 aromatic rings. The molecule has 0 nitrogen and oxygen atoms in total. The van der Waals surface area contributed by atoms with Gasteiger partial charge < -0.3 is 0 Å². The van der Waals surface area contributed by atoms with E-state index in [0.717, 1.165) is 17.8 Å². The van der Waals surface area contributed by atoms with E-state index in [1.807, 2.05) is 0 Å². The van der Waals surface area contributed by atoms with Crippen LogP contribution in [0.3, 0.4) is 0 Å². The average molecular weight is 311 g/mol. The van der Waals surface area contributed by atoms with Crippen molar-refractivity contribution in [1.29, 1.82) is 0 Å². The van der Waals surface area contributed by atoms with Crippen LogP contribution in [-0.4, -0.2) is 0 Å². The summed E-state index contributed by atoms with van der Waals surface area (Å²) in [5.74, 6) is 4.19. The van der Waals surface area contributed by atoms with Gasteiger partial charge in [0.15, 0.2) is 0 Å². The van der Waals surface area contributed by atoms with Crippen LogP contribution in [0, 0.1) is 40.4 Å². The Kier molecular flexibility index (Phi) is 3.69. The van der Waals surface area contributed by atoms with Crippen molar-refractivity contribution < 1.29 is 0 Å². The molecule has 7 atom stereocenters. The van der Waals surface area contributed by atoms with Gasteiger partial charge in [0, 0.05) is 0 Å². The first-order chi connectivity index (χ1) is 11.0. The Labute approximate surface area is 143 Å². The van der Waals surface area contributed by atoms with E-state index in [1.54, 1.807) is 5.57 Å². The molecule has 0 saturated heterocycles. The topological polar surface area (TPSA) is 0 Å². The molecule has 23 heavy (non-hydrogen) atoms. The maximum atomic E-state index is 4.64. The first-order valence-electron chi connectivity index (χ1n) is 10.0. The molecule has 0 spiro atoms. The van der Waals surface area contributed by atoms with Crippen molar-refractivity contribution >= 4 is 0 Å². The second kappa shape index (κ2) is 5.38. The summed E-state index contributed by atoms with van der Waals surface area (Å²) in [6, 6.07) is 0. The first-order valence-corrected chi connectivity index (χ1v) is 10.0. The Morgan fingerprint density at radius 1 is 1.04 bits per heavy atom. The van der Waals surface area contributed by atoms with E-state index in [0.29, 0.717) is 22.7 Å². The quantitative estimate of drug-likeness (QED) is 0.381. The summed E-state index contributed by atoms with van der Waals surface area (Å²) in [6.07, 6.45) is 15.1. The van der Waals surface area contributed by atoms with Gasteiger partial charge in [-0.1, -0.05) is 45.4 Å². The highest BCUT2D eigenvalue weighted by molar-refractivity contribution is 5.22. The zero-order valence-corrected chi connectivity index (χ0v) is 15.2. The van der Waals surface area contributed by atoms with Gasteiger partial charge in [0.05, 0.1) is 0 Å². The Morgan fingerprint density at radius 3 is 2.61 bits per heavy atom. The van der Waals surface area contributed by atoms with E-state index in [9.17, 15) is 0 Å². The summed E-state index contributed by atoms with van der Waals surface area (Å²) in [5, 5.41) is 0. The molecular formula is C23H34. The highest BCUT2D eigenvalue weighted by atomic mass is 14.6. The fraction of sp³-hybridized carbons (Fsp3) is 0.783. The maximum Gasteiger partial charge on any atom is -0.00800 e. The van der Waals surface area contributed by atoms with Crippen LogP contribution in [-0.2, 0) is 0 Å². The lowest BCUT2D eigenvalue weighted by Gasteiger charge is -2.61. The number of allylic oxidation sites excluding steroid dienone is 2. The molecular weight excluding hydrogens is 276 g/mol. The molecule has 4 aliphatic carbocycles. The summed E-state index contributed by atoms with van der Waals surface area (Å²) in [7, 11) is 0. The van der Waals surface area contributed by atoms with Gasteiger partial charge in [0.2, 0.25) is 0 Å². The van der Waals surface area contributed by atoms with E-state index in [1.165, 1.54) is 57.8 Å². The van der Waals surface area contributed by atoms with Crippen LogP contribution in [0.2, 0.25) is 0 Å². The molecule has 2 unspecified atom stereocenters. The van der Waals surface area contributed by atoms with Gasteiger partial charge in [0.1, 0.15) is 0 Å². The van der Waals surface area contributed by atoms with Gasteiger partial charge in [-0.25, -0.2) is 0 Å². The van der Waals surface area contributed by atoms with E-state index in [2.05, 4.69) is 38.8 Å². The standard InChI is InChI=1S/C23H34/c1-5-8-17-9-6-13-23(4)20-11-14-22(3)12-7-10-19(22)18(20)15-16(2)21(17)23/h8,17-21H,1-2,6-7,9-15H2,3-4H3/t17?,18-,19-,20-,21?,22-,23+/m0/s1. The van der Waals surface area contributed by atoms with E-state index >= 15 is 0 Å². The molecule has 0 amide bonds. The molecule has 0 bridgehead atoms. The molecule has 4 aliphatic rings. The summed E-state index contributed by atoms with van der Waals surface area (Å²) >= 11 is 0. The van der Waals surface area contributed by atoms with Crippen molar-refractivity contribution in [3.63, 3.8) is 0 Å². The third-order valence-corrected chi connectivity index (χ3v) is 8.73. The van der Waals surface area contributed by atoms with Gasteiger partial charge >= 0.3 is 0 Å². The molecule has 0 aliphatic heterocycles. The number of hydrogen-bond acceptors (Lipinski definition) is 0. The first kappa shape index (κ1) is 15.8. The van der Waals surface area contributed by atoms with Crippen LogP contribution in [0.25, 0.3) is 0 Å². The van der Waals surface area contributed by atoms with E-state index < -0.39 is 0 Å².